The van der Waals surface area contributed by atoms with E-state index >= 15 is 0 Å². The van der Waals surface area contributed by atoms with Gasteiger partial charge in [-0.3, -0.25) is 0 Å². The number of rotatable bonds is 6. The maximum atomic E-state index is 9.09. The van der Waals surface area contributed by atoms with Crippen molar-refractivity contribution < 1.29 is 14.9 Å². The van der Waals surface area contributed by atoms with E-state index in [9.17, 15) is 0 Å². The van der Waals surface area contributed by atoms with Crippen LogP contribution in [0.1, 0.15) is 6.92 Å². The van der Waals surface area contributed by atoms with Crippen LogP contribution in [0.2, 0.25) is 0 Å². The van der Waals surface area contributed by atoms with Gasteiger partial charge in [0.1, 0.15) is 0 Å². The molecule has 68 valence electrons. The fourth-order valence-electron chi connectivity index (χ4n) is 0.710. The summed E-state index contributed by atoms with van der Waals surface area (Å²) < 4.78 is 4.71. The number of ether oxygens (including phenoxy) is 1. The van der Waals surface area contributed by atoms with Crippen LogP contribution < -0.4 is 5.32 Å². The molecule has 3 N–H and O–H groups in total. The van der Waals surface area contributed by atoms with E-state index in [1.54, 1.807) is 6.92 Å². The van der Waals surface area contributed by atoms with E-state index in [0.29, 0.717) is 19.7 Å². The normalized spacial score (nSPS) is 16.4. The van der Waals surface area contributed by atoms with Gasteiger partial charge in [-0.1, -0.05) is 0 Å². The monoisotopic (exact) mass is 163 g/mol. The molecule has 0 saturated carbocycles. The number of nitrogens with one attached hydrogen (secondary N) is 1. The van der Waals surface area contributed by atoms with E-state index in [1.165, 1.54) is 7.11 Å². The van der Waals surface area contributed by atoms with E-state index in [0.717, 1.165) is 0 Å². The number of methoxy groups -OCH3 is 1. The second kappa shape index (κ2) is 6.54. The van der Waals surface area contributed by atoms with Crippen LogP contribution in [0.5, 0.6) is 0 Å². The predicted octanol–water partition coefficient (Wildman–Crippen LogP) is -1.04. The minimum absolute atomic E-state index is 0.326. The lowest BCUT2D eigenvalue weighted by molar-refractivity contribution is 0.0622. The van der Waals surface area contributed by atoms with Gasteiger partial charge >= 0.3 is 0 Å². The third kappa shape index (κ3) is 7.74. The van der Waals surface area contributed by atoms with Crippen LogP contribution in [-0.4, -0.2) is 49.2 Å². The van der Waals surface area contributed by atoms with Gasteiger partial charge in [0, 0.05) is 20.2 Å². The molecule has 2 atom stereocenters. The lowest BCUT2D eigenvalue weighted by Gasteiger charge is -2.11. The van der Waals surface area contributed by atoms with Crippen LogP contribution in [0, 0.1) is 0 Å². The van der Waals surface area contributed by atoms with E-state index in [-0.39, 0.29) is 6.10 Å². The van der Waals surface area contributed by atoms with Crippen LogP contribution in [0.15, 0.2) is 0 Å². The van der Waals surface area contributed by atoms with Crippen LogP contribution >= 0.6 is 0 Å². The zero-order chi connectivity index (χ0) is 8.69. The zero-order valence-electron chi connectivity index (χ0n) is 7.08. The molecule has 0 amide bonds. The van der Waals surface area contributed by atoms with E-state index in [4.69, 9.17) is 14.9 Å². The van der Waals surface area contributed by atoms with Crippen molar-refractivity contribution >= 4 is 0 Å². The Morgan fingerprint density at radius 1 is 1.36 bits per heavy atom. The van der Waals surface area contributed by atoms with Crippen molar-refractivity contribution in [3.8, 4) is 0 Å². The Bertz CT molecular complexity index is 87.8. The highest BCUT2D eigenvalue weighted by Crippen LogP contribution is 1.81. The second-order valence-corrected chi connectivity index (χ2v) is 2.62. The topological polar surface area (TPSA) is 61.7 Å². The van der Waals surface area contributed by atoms with Crippen molar-refractivity contribution in [1.29, 1.82) is 0 Å². The molecule has 0 aromatic heterocycles. The van der Waals surface area contributed by atoms with Crippen molar-refractivity contribution in [3.63, 3.8) is 0 Å². The number of hydrogen-bond acceptors (Lipinski definition) is 4. The van der Waals surface area contributed by atoms with Gasteiger partial charge < -0.3 is 20.3 Å². The molecular formula is C7H17NO3. The van der Waals surface area contributed by atoms with E-state index < -0.39 is 6.10 Å². The molecule has 0 heterocycles. The largest absolute Gasteiger partial charge is 0.392 e. The summed E-state index contributed by atoms with van der Waals surface area (Å²) in [6, 6.07) is 0. The Balaban J connectivity index is 3.10. The summed E-state index contributed by atoms with van der Waals surface area (Å²) in [5, 5.41) is 20.8. The summed E-state index contributed by atoms with van der Waals surface area (Å²) in [5.74, 6) is 0. The molecule has 0 saturated heterocycles. The summed E-state index contributed by atoms with van der Waals surface area (Å²) in [7, 11) is 1.54. The molecule has 4 nitrogen and oxygen atoms in total. The Morgan fingerprint density at radius 2 is 2.00 bits per heavy atom. The van der Waals surface area contributed by atoms with Gasteiger partial charge in [-0.15, -0.1) is 0 Å². The lowest BCUT2D eigenvalue weighted by Crippen LogP contribution is -2.34. The summed E-state index contributed by atoms with van der Waals surface area (Å²) in [6.07, 6.45) is -0.858. The average molecular weight is 163 g/mol. The maximum Gasteiger partial charge on any atom is 0.0897 e. The highest BCUT2D eigenvalue weighted by Gasteiger charge is 2.02. The number of aliphatic hydroxyl groups is 2. The van der Waals surface area contributed by atoms with Crippen LogP contribution in [0.4, 0.5) is 0 Å². The smallest absolute Gasteiger partial charge is 0.0897 e. The van der Waals surface area contributed by atoms with Crippen molar-refractivity contribution in [2.24, 2.45) is 0 Å². The summed E-state index contributed by atoms with van der Waals surface area (Å²) >= 11 is 0. The highest BCUT2D eigenvalue weighted by atomic mass is 16.5. The second-order valence-electron chi connectivity index (χ2n) is 2.62. The first-order valence-corrected chi connectivity index (χ1v) is 3.72. The van der Waals surface area contributed by atoms with Crippen molar-refractivity contribution in [3.05, 3.63) is 0 Å². The molecule has 0 rings (SSSR count). The molecule has 0 fully saturated rings. The quantitative estimate of drug-likeness (QED) is 0.468. The Hall–Kier alpha value is -0.160. The molecule has 0 aromatic rings. The summed E-state index contributed by atoms with van der Waals surface area (Å²) in [6.45, 7) is 2.97. The van der Waals surface area contributed by atoms with Crippen LogP contribution in [-0.2, 0) is 4.74 Å². The van der Waals surface area contributed by atoms with Gasteiger partial charge in [-0.2, -0.15) is 0 Å². The first-order chi connectivity index (χ1) is 5.16. The maximum absolute atomic E-state index is 9.09. The Morgan fingerprint density at radius 3 is 2.45 bits per heavy atom. The van der Waals surface area contributed by atoms with Gasteiger partial charge in [0.25, 0.3) is 0 Å². The van der Waals surface area contributed by atoms with Gasteiger partial charge in [-0.25, -0.2) is 0 Å². The molecule has 0 aromatic carbocycles. The first kappa shape index (κ1) is 10.8. The van der Waals surface area contributed by atoms with Crippen molar-refractivity contribution in [2.75, 3.05) is 26.8 Å². The fraction of sp³-hybridized carbons (Fsp3) is 1.00. The van der Waals surface area contributed by atoms with E-state index in [2.05, 4.69) is 5.32 Å². The van der Waals surface area contributed by atoms with Crippen molar-refractivity contribution in [2.45, 2.75) is 19.1 Å². The number of hydrogen-bond donors (Lipinski definition) is 3. The van der Waals surface area contributed by atoms with Gasteiger partial charge in [-0.05, 0) is 6.92 Å². The van der Waals surface area contributed by atoms with Crippen LogP contribution in [0.25, 0.3) is 0 Å². The standard InChI is InChI=1S/C7H17NO3/c1-6(9)3-8-4-7(10)5-11-2/h6-10H,3-5H2,1-2H3/t6-,7?/m0/s1. The molecule has 0 bridgehead atoms. The fourth-order valence-corrected chi connectivity index (χ4v) is 0.710. The van der Waals surface area contributed by atoms with Crippen molar-refractivity contribution in [1.82, 2.24) is 5.32 Å². The minimum atomic E-state index is -0.487. The minimum Gasteiger partial charge on any atom is -0.392 e. The number of aliphatic hydroxyl groups excluding tert-OH is 2. The molecule has 0 aliphatic carbocycles. The summed E-state index contributed by atoms with van der Waals surface area (Å²) in [4.78, 5) is 0. The predicted molar refractivity (Wildman–Crippen MR) is 42.4 cm³/mol. The third-order valence-electron chi connectivity index (χ3n) is 1.18. The van der Waals surface area contributed by atoms with E-state index in [1.807, 2.05) is 0 Å². The average Bonchev–Trinajstić information content (AvgIpc) is 1.87. The Labute approximate surface area is 67.2 Å². The molecule has 4 heteroatoms. The van der Waals surface area contributed by atoms with Gasteiger partial charge in [0.05, 0.1) is 18.8 Å². The lowest BCUT2D eigenvalue weighted by atomic mass is 10.3. The molecule has 0 spiro atoms. The molecule has 11 heavy (non-hydrogen) atoms. The molecule has 0 aliphatic heterocycles. The molecule has 0 radical (unpaired) electrons. The zero-order valence-corrected chi connectivity index (χ0v) is 7.08. The molecular weight excluding hydrogens is 146 g/mol. The Kier molecular flexibility index (Phi) is 6.45. The summed E-state index contributed by atoms with van der Waals surface area (Å²) in [5.41, 5.74) is 0. The van der Waals surface area contributed by atoms with Gasteiger partial charge in [0.15, 0.2) is 0 Å². The SMILES string of the molecule is COCC(O)CNC[C@H](C)O. The third-order valence-corrected chi connectivity index (χ3v) is 1.18. The van der Waals surface area contributed by atoms with Gasteiger partial charge in [0.2, 0.25) is 0 Å². The highest BCUT2D eigenvalue weighted by molar-refractivity contribution is 4.59. The molecule has 1 unspecified atom stereocenters. The molecule has 0 aliphatic rings. The first-order valence-electron chi connectivity index (χ1n) is 3.72. The van der Waals surface area contributed by atoms with Crippen LogP contribution in [0.3, 0.4) is 0 Å².